The van der Waals surface area contributed by atoms with E-state index in [-0.39, 0.29) is 0 Å². The Morgan fingerprint density at radius 1 is 0.889 bits per heavy atom. The van der Waals surface area contributed by atoms with Crippen LogP contribution in [0.25, 0.3) is 0 Å². The van der Waals surface area contributed by atoms with Gasteiger partial charge in [0.05, 0.1) is 0 Å². The monoisotopic (exact) mass is 239 g/mol. The smallest absolute Gasteiger partial charge is 0.0294 e. The maximum Gasteiger partial charge on any atom is 0.0294 e. The molecule has 0 radical (unpaired) electrons. The molecule has 1 heteroatoms. The topological polar surface area (TPSA) is 12.0 Å². The summed E-state index contributed by atoms with van der Waals surface area (Å²) < 4.78 is 0. The van der Waals surface area contributed by atoms with Crippen molar-refractivity contribution in [1.29, 1.82) is 0 Å². The summed E-state index contributed by atoms with van der Waals surface area (Å²) in [5.74, 6) is 0. The van der Waals surface area contributed by atoms with Crippen LogP contribution in [0.4, 0.5) is 0 Å². The van der Waals surface area contributed by atoms with Crippen molar-refractivity contribution in [3.63, 3.8) is 0 Å². The van der Waals surface area contributed by atoms with Crippen LogP contribution in [-0.4, -0.2) is 0 Å². The van der Waals surface area contributed by atoms with E-state index >= 15 is 0 Å². The number of nitrogens with one attached hydrogen (secondary N) is 1. The Kier molecular flexibility index (Phi) is 4.54. The van der Waals surface area contributed by atoms with Crippen LogP contribution in [0.15, 0.2) is 54.6 Å². The molecule has 94 valence electrons. The summed E-state index contributed by atoms with van der Waals surface area (Å²) in [4.78, 5) is 0. The van der Waals surface area contributed by atoms with Crippen LogP contribution in [-0.2, 0) is 13.0 Å². The fraction of sp³-hybridized carbons (Fsp3) is 0.294. The molecule has 0 amide bonds. The molecule has 18 heavy (non-hydrogen) atoms. The molecule has 0 aliphatic carbocycles. The van der Waals surface area contributed by atoms with Crippen LogP contribution in [0, 0.1) is 0 Å². The van der Waals surface area contributed by atoms with Crippen molar-refractivity contribution in [2.24, 2.45) is 0 Å². The Hall–Kier alpha value is -1.60. The van der Waals surface area contributed by atoms with Crippen molar-refractivity contribution in [2.45, 2.75) is 32.9 Å². The van der Waals surface area contributed by atoms with Gasteiger partial charge in [0.2, 0.25) is 0 Å². The van der Waals surface area contributed by atoms with Crippen LogP contribution in [0.5, 0.6) is 0 Å². The zero-order valence-corrected chi connectivity index (χ0v) is 11.2. The van der Waals surface area contributed by atoms with Crippen LogP contribution in [0.3, 0.4) is 0 Å². The molecule has 0 aliphatic rings. The largest absolute Gasteiger partial charge is 0.306 e. The van der Waals surface area contributed by atoms with Crippen LogP contribution >= 0.6 is 0 Å². The van der Waals surface area contributed by atoms with Crippen molar-refractivity contribution in [2.75, 3.05) is 0 Å². The highest BCUT2D eigenvalue weighted by Crippen LogP contribution is 2.14. The number of benzene rings is 2. The molecule has 0 unspecified atom stereocenters. The van der Waals surface area contributed by atoms with Crippen LogP contribution in [0.1, 0.15) is 36.6 Å². The second-order valence-electron chi connectivity index (χ2n) is 4.64. The number of hydrogen-bond donors (Lipinski definition) is 1. The summed E-state index contributed by atoms with van der Waals surface area (Å²) in [6.07, 6.45) is 1.09. The van der Waals surface area contributed by atoms with Gasteiger partial charge in [0.1, 0.15) is 0 Å². The number of rotatable bonds is 5. The Bertz CT molecular complexity index is 476. The van der Waals surface area contributed by atoms with E-state index in [9.17, 15) is 0 Å². The molecule has 0 aliphatic heterocycles. The molecule has 2 aromatic carbocycles. The van der Waals surface area contributed by atoms with E-state index in [2.05, 4.69) is 73.8 Å². The third kappa shape index (κ3) is 3.21. The highest BCUT2D eigenvalue weighted by atomic mass is 14.9. The predicted molar refractivity (Wildman–Crippen MR) is 77.5 cm³/mol. The quantitative estimate of drug-likeness (QED) is 0.828. The van der Waals surface area contributed by atoms with Gasteiger partial charge in [0, 0.05) is 12.6 Å². The first kappa shape index (κ1) is 12.8. The fourth-order valence-electron chi connectivity index (χ4n) is 2.20. The normalized spacial score (nSPS) is 12.3. The Balaban J connectivity index is 1.99. The summed E-state index contributed by atoms with van der Waals surface area (Å²) in [6, 6.07) is 19.6. The van der Waals surface area contributed by atoms with Gasteiger partial charge in [-0.05, 0) is 30.0 Å². The van der Waals surface area contributed by atoms with E-state index < -0.39 is 0 Å². The molecule has 1 N–H and O–H groups in total. The molecule has 1 nitrogen and oxygen atoms in total. The maximum absolute atomic E-state index is 3.59. The van der Waals surface area contributed by atoms with Gasteiger partial charge < -0.3 is 5.32 Å². The molecule has 0 fully saturated rings. The van der Waals surface area contributed by atoms with Crippen LogP contribution < -0.4 is 5.32 Å². The van der Waals surface area contributed by atoms with Gasteiger partial charge in [-0.15, -0.1) is 0 Å². The predicted octanol–water partition coefficient (Wildman–Crippen LogP) is 4.10. The SMILES string of the molecule is CCc1ccccc1CN[C@H](C)c1ccccc1. The third-order valence-corrected chi connectivity index (χ3v) is 3.40. The van der Waals surface area contributed by atoms with Crippen molar-refractivity contribution in [3.05, 3.63) is 71.3 Å². The van der Waals surface area contributed by atoms with E-state index in [1.807, 2.05) is 0 Å². The molecule has 0 saturated carbocycles. The standard InChI is InChI=1S/C17H21N/c1-3-15-9-7-8-12-17(15)13-18-14(2)16-10-5-4-6-11-16/h4-12,14,18H,3,13H2,1-2H3/t14-/m1/s1. The van der Waals surface area contributed by atoms with Gasteiger partial charge in [-0.2, -0.15) is 0 Å². The summed E-state index contributed by atoms with van der Waals surface area (Å²) >= 11 is 0. The third-order valence-electron chi connectivity index (χ3n) is 3.40. The highest BCUT2D eigenvalue weighted by molar-refractivity contribution is 5.27. The lowest BCUT2D eigenvalue weighted by molar-refractivity contribution is 0.572. The highest BCUT2D eigenvalue weighted by Gasteiger charge is 2.05. The molecule has 1 atom stereocenters. The van der Waals surface area contributed by atoms with Gasteiger partial charge in [-0.25, -0.2) is 0 Å². The van der Waals surface area contributed by atoms with Gasteiger partial charge in [0.25, 0.3) is 0 Å². The lowest BCUT2D eigenvalue weighted by Gasteiger charge is -2.15. The minimum atomic E-state index is 0.385. The Labute approximate surface area is 110 Å². The number of hydrogen-bond acceptors (Lipinski definition) is 1. The molecule has 0 spiro atoms. The zero-order valence-electron chi connectivity index (χ0n) is 11.2. The van der Waals surface area contributed by atoms with E-state index in [1.165, 1.54) is 16.7 Å². The van der Waals surface area contributed by atoms with Gasteiger partial charge >= 0.3 is 0 Å². The first-order valence-corrected chi connectivity index (χ1v) is 6.66. The molecular weight excluding hydrogens is 218 g/mol. The van der Waals surface area contributed by atoms with Crippen molar-refractivity contribution >= 4 is 0 Å². The first-order chi connectivity index (χ1) is 8.81. The molecule has 0 bridgehead atoms. The first-order valence-electron chi connectivity index (χ1n) is 6.66. The van der Waals surface area contributed by atoms with Gasteiger partial charge in [-0.1, -0.05) is 61.5 Å². The Morgan fingerprint density at radius 3 is 2.17 bits per heavy atom. The van der Waals surface area contributed by atoms with Crippen molar-refractivity contribution in [3.8, 4) is 0 Å². The maximum atomic E-state index is 3.59. The lowest BCUT2D eigenvalue weighted by atomic mass is 10.0. The fourth-order valence-corrected chi connectivity index (χ4v) is 2.20. The molecule has 2 aromatic rings. The van der Waals surface area contributed by atoms with Gasteiger partial charge in [-0.3, -0.25) is 0 Å². The van der Waals surface area contributed by atoms with E-state index in [4.69, 9.17) is 0 Å². The minimum Gasteiger partial charge on any atom is -0.306 e. The van der Waals surface area contributed by atoms with Crippen molar-refractivity contribution < 1.29 is 0 Å². The lowest BCUT2D eigenvalue weighted by Crippen LogP contribution is -2.18. The van der Waals surface area contributed by atoms with E-state index in [0.717, 1.165) is 13.0 Å². The number of aryl methyl sites for hydroxylation is 1. The summed E-state index contributed by atoms with van der Waals surface area (Å²) in [6.45, 7) is 5.35. The molecule has 0 aromatic heterocycles. The summed E-state index contributed by atoms with van der Waals surface area (Å²) in [5, 5.41) is 3.59. The van der Waals surface area contributed by atoms with Crippen molar-refractivity contribution in [1.82, 2.24) is 5.32 Å². The van der Waals surface area contributed by atoms with E-state index in [1.54, 1.807) is 0 Å². The molecular formula is C17H21N. The molecule has 0 heterocycles. The molecule has 2 rings (SSSR count). The van der Waals surface area contributed by atoms with Gasteiger partial charge in [0.15, 0.2) is 0 Å². The van der Waals surface area contributed by atoms with E-state index in [0.29, 0.717) is 6.04 Å². The van der Waals surface area contributed by atoms with Crippen LogP contribution in [0.2, 0.25) is 0 Å². The Morgan fingerprint density at radius 2 is 1.50 bits per heavy atom. The second-order valence-corrected chi connectivity index (χ2v) is 4.64. The summed E-state index contributed by atoms with van der Waals surface area (Å²) in [7, 11) is 0. The second kappa shape index (κ2) is 6.36. The average molecular weight is 239 g/mol. The molecule has 0 saturated heterocycles. The zero-order chi connectivity index (χ0) is 12.8. The minimum absolute atomic E-state index is 0.385. The summed E-state index contributed by atoms with van der Waals surface area (Å²) in [5.41, 5.74) is 4.18. The average Bonchev–Trinajstić information content (AvgIpc) is 2.46.